The number of halogens is 1. The number of hydrogen-bond donors (Lipinski definition) is 1. The Bertz CT molecular complexity index is 252. The van der Waals surface area contributed by atoms with E-state index in [1.807, 2.05) is 6.07 Å². The number of nitrogens with zero attached hydrogens (tertiary/aromatic N) is 2. The molecule has 1 atom stereocenters. The van der Waals surface area contributed by atoms with Crippen LogP contribution in [0.1, 0.15) is 20.3 Å². The van der Waals surface area contributed by atoms with Crippen molar-refractivity contribution in [3.05, 3.63) is 17.0 Å². The second-order valence-corrected chi connectivity index (χ2v) is 3.49. The van der Waals surface area contributed by atoms with E-state index >= 15 is 0 Å². The van der Waals surface area contributed by atoms with Gasteiger partial charge in [0.1, 0.15) is 16.7 Å². The van der Waals surface area contributed by atoms with E-state index in [0.717, 1.165) is 16.8 Å². The third-order valence-electron chi connectivity index (χ3n) is 1.64. The number of nitrogens with one attached hydrogen (secondary N) is 1. The first-order valence-corrected chi connectivity index (χ1v) is 4.75. The van der Waals surface area contributed by atoms with Gasteiger partial charge >= 0.3 is 0 Å². The molecule has 0 saturated heterocycles. The normalized spacial score (nSPS) is 12.6. The van der Waals surface area contributed by atoms with Crippen LogP contribution in [-0.4, -0.2) is 16.0 Å². The van der Waals surface area contributed by atoms with Gasteiger partial charge in [0, 0.05) is 12.1 Å². The maximum absolute atomic E-state index is 4.08. The zero-order chi connectivity index (χ0) is 8.97. The number of anilines is 1. The Hall–Kier alpha value is -0.640. The molecule has 0 saturated carbocycles. The highest BCUT2D eigenvalue weighted by Gasteiger charge is 1.99. The molecule has 0 aliphatic carbocycles. The average Bonchev–Trinajstić information content (AvgIpc) is 2.04. The SMILES string of the molecule is CCC(C)Nc1cc(Br)ncn1. The molecule has 1 aromatic rings. The highest BCUT2D eigenvalue weighted by Crippen LogP contribution is 2.10. The predicted octanol–water partition coefficient (Wildman–Crippen LogP) is 2.45. The smallest absolute Gasteiger partial charge is 0.130 e. The molecule has 1 heterocycles. The molecule has 1 aromatic heterocycles. The Morgan fingerprint density at radius 1 is 1.58 bits per heavy atom. The van der Waals surface area contributed by atoms with E-state index in [0.29, 0.717) is 6.04 Å². The summed E-state index contributed by atoms with van der Waals surface area (Å²) in [4.78, 5) is 8.01. The molecular formula is C8H12BrN3. The van der Waals surface area contributed by atoms with Crippen LogP contribution < -0.4 is 5.32 Å². The van der Waals surface area contributed by atoms with Crippen molar-refractivity contribution in [2.75, 3.05) is 5.32 Å². The van der Waals surface area contributed by atoms with Gasteiger partial charge in [-0.2, -0.15) is 0 Å². The van der Waals surface area contributed by atoms with E-state index in [1.165, 1.54) is 6.33 Å². The van der Waals surface area contributed by atoms with Gasteiger partial charge in [-0.3, -0.25) is 0 Å². The molecule has 1 N–H and O–H groups in total. The first kappa shape index (κ1) is 9.45. The topological polar surface area (TPSA) is 37.8 Å². The lowest BCUT2D eigenvalue weighted by Gasteiger charge is -2.11. The maximum Gasteiger partial charge on any atom is 0.130 e. The van der Waals surface area contributed by atoms with Crippen LogP contribution in [0.15, 0.2) is 17.0 Å². The standard InChI is InChI=1S/C8H12BrN3/c1-3-6(2)12-8-4-7(9)10-5-11-8/h4-6H,3H2,1-2H3,(H,10,11,12). The summed E-state index contributed by atoms with van der Waals surface area (Å²) in [7, 11) is 0. The minimum absolute atomic E-state index is 0.451. The zero-order valence-corrected chi connectivity index (χ0v) is 8.80. The van der Waals surface area contributed by atoms with Gasteiger partial charge in [-0.15, -0.1) is 0 Å². The first-order chi connectivity index (χ1) is 5.72. The Morgan fingerprint density at radius 2 is 2.33 bits per heavy atom. The quantitative estimate of drug-likeness (QED) is 0.810. The molecule has 0 aromatic carbocycles. The van der Waals surface area contributed by atoms with Crippen LogP contribution in [0.4, 0.5) is 5.82 Å². The van der Waals surface area contributed by atoms with Crippen LogP contribution in [0, 0.1) is 0 Å². The minimum atomic E-state index is 0.451. The van der Waals surface area contributed by atoms with Crippen molar-refractivity contribution < 1.29 is 0 Å². The lowest BCUT2D eigenvalue weighted by Crippen LogP contribution is -2.14. The van der Waals surface area contributed by atoms with Crippen LogP contribution in [0.3, 0.4) is 0 Å². The number of hydrogen-bond acceptors (Lipinski definition) is 3. The molecule has 0 amide bonds. The van der Waals surface area contributed by atoms with E-state index in [2.05, 4.69) is 45.1 Å². The highest BCUT2D eigenvalue weighted by molar-refractivity contribution is 9.10. The van der Waals surface area contributed by atoms with Crippen LogP contribution in [0.2, 0.25) is 0 Å². The summed E-state index contributed by atoms with van der Waals surface area (Å²) >= 11 is 3.28. The highest BCUT2D eigenvalue weighted by atomic mass is 79.9. The van der Waals surface area contributed by atoms with Gasteiger partial charge < -0.3 is 5.32 Å². The summed E-state index contributed by atoms with van der Waals surface area (Å²) in [6.07, 6.45) is 2.62. The van der Waals surface area contributed by atoms with E-state index in [1.54, 1.807) is 0 Å². The lowest BCUT2D eigenvalue weighted by molar-refractivity contribution is 0.758. The van der Waals surface area contributed by atoms with E-state index in [-0.39, 0.29) is 0 Å². The molecule has 0 fully saturated rings. The van der Waals surface area contributed by atoms with Crippen molar-refractivity contribution in [2.24, 2.45) is 0 Å². The maximum atomic E-state index is 4.08. The van der Waals surface area contributed by atoms with E-state index in [9.17, 15) is 0 Å². The van der Waals surface area contributed by atoms with Crippen LogP contribution in [0.5, 0.6) is 0 Å². The summed E-state index contributed by atoms with van der Waals surface area (Å²) in [5.41, 5.74) is 0. The molecule has 12 heavy (non-hydrogen) atoms. The second-order valence-electron chi connectivity index (χ2n) is 2.68. The minimum Gasteiger partial charge on any atom is -0.367 e. The van der Waals surface area contributed by atoms with Crippen LogP contribution in [0.25, 0.3) is 0 Å². The summed E-state index contributed by atoms with van der Waals surface area (Å²) in [5.74, 6) is 0.867. The second kappa shape index (κ2) is 4.40. The molecule has 66 valence electrons. The Kier molecular flexibility index (Phi) is 3.47. The molecule has 0 radical (unpaired) electrons. The fourth-order valence-corrected chi connectivity index (χ4v) is 1.08. The van der Waals surface area contributed by atoms with Crippen molar-refractivity contribution in [1.29, 1.82) is 0 Å². The van der Waals surface area contributed by atoms with Gasteiger partial charge in [-0.25, -0.2) is 9.97 Å². The summed E-state index contributed by atoms with van der Waals surface area (Å²) in [6.45, 7) is 4.25. The fourth-order valence-electron chi connectivity index (χ4n) is 0.767. The fraction of sp³-hybridized carbons (Fsp3) is 0.500. The molecule has 4 heteroatoms. The van der Waals surface area contributed by atoms with Gasteiger partial charge in [-0.1, -0.05) is 6.92 Å². The summed E-state index contributed by atoms with van der Waals surface area (Å²) in [6, 6.07) is 2.32. The predicted molar refractivity (Wildman–Crippen MR) is 53.1 cm³/mol. The Morgan fingerprint density at radius 3 is 2.92 bits per heavy atom. The third kappa shape index (κ3) is 2.77. The van der Waals surface area contributed by atoms with Crippen LogP contribution in [-0.2, 0) is 0 Å². The Balaban J connectivity index is 2.63. The molecule has 0 aliphatic rings. The van der Waals surface area contributed by atoms with Crippen molar-refractivity contribution in [1.82, 2.24) is 9.97 Å². The number of rotatable bonds is 3. The largest absolute Gasteiger partial charge is 0.367 e. The zero-order valence-electron chi connectivity index (χ0n) is 7.21. The molecule has 1 unspecified atom stereocenters. The monoisotopic (exact) mass is 229 g/mol. The lowest BCUT2D eigenvalue weighted by atomic mass is 10.3. The summed E-state index contributed by atoms with van der Waals surface area (Å²) < 4.78 is 0.809. The Labute approximate surface area is 80.7 Å². The average molecular weight is 230 g/mol. The molecule has 0 spiro atoms. The molecular weight excluding hydrogens is 218 g/mol. The molecule has 3 nitrogen and oxygen atoms in total. The van der Waals surface area contributed by atoms with Crippen molar-refractivity contribution in [3.63, 3.8) is 0 Å². The van der Waals surface area contributed by atoms with Gasteiger partial charge in [0.05, 0.1) is 0 Å². The van der Waals surface area contributed by atoms with E-state index < -0.39 is 0 Å². The van der Waals surface area contributed by atoms with Crippen molar-refractivity contribution >= 4 is 21.7 Å². The molecule has 1 rings (SSSR count). The van der Waals surface area contributed by atoms with Gasteiger partial charge in [0.2, 0.25) is 0 Å². The number of aromatic nitrogens is 2. The molecule has 0 bridgehead atoms. The van der Waals surface area contributed by atoms with Gasteiger partial charge in [0.25, 0.3) is 0 Å². The van der Waals surface area contributed by atoms with Crippen molar-refractivity contribution in [2.45, 2.75) is 26.3 Å². The van der Waals surface area contributed by atoms with Crippen molar-refractivity contribution in [3.8, 4) is 0 Å². The molecule has 0 aliphatic heterocycles. The summed E-state index contributed by atoms with van der Waals surface area (Å²) in [5, 5.41) is 3.25. The van der Waals surface area contributed by atoms with Gasteiger partial charge in [-0.05, 0) is 29.3 Å². The van der Waals surface area contributed by atoms with E-state index in [4.69, 9.17) is 0 Å². The first-order valence-electron chi connectivity index (χ1n) is 3.96. The third-order valence-corrected chi connectivity index (χ3v) is 2.07. The van der Waals surface area contributed by atoms with Gasteiger partial charge in [0.15, 0.2) is 0 Å². The van der Waals surface area contributed by atoms with Crippen LogP contribution >= 0.6 is 15.9 Å².